The third-order valence-corrected chi connectivity index (χ3v) is 4.14. The van der Waals surface area contributed by atoms with Gasteiger partial charge in [-0.1, -0.05) is 37.0 Å². The first-order valence-corrected chi connectivity index (χ1v) is 7.16. The van der Waals surface area contributed by atoms with Gasteiger partial charge in [-0.25, -0.2) is 0 Å². The van der Waals surface area contributed by atoms with Crippen LogP contribution in [0.2, 0.25) is 10.0 Å². The van der Waals surface area contributed by atoms with E-state index in [1.807, 2.05) is 0 Å². The Labute approximate surface area is 118 Å². The van der Waals surface area contributed by atoms with E-state index < -0.39 is 0 Å². The molecular formula is C14H19Cl2NO. The lowest BCUT2D eigenvalue weighted by Gasteiger charge is -2.32. The number of hydrogen-bond acceptors (Lipinski definition) is 2. The normalized spacial score (nSPS) is 28.1. The lowest BCUT2D eigenvalue weighted by molar-refractivity contribution is 0.281. The molecule has 0 heterocycles. The van der Waals surface area contributed by atoms with Crippen molar-refractivity contribution in [2.45, 2.75) is 39.2 Å². The highest BCUT2D eigenvalue weighted by molar-refractivity contribution is 6.37. The Bertz CT molecular complexity index is 403. The maximum absolute atomic E-state index is 9.53. The first kappa shape index (κ1) is 13.8. The van der Waals surface area contributed by atoms with Gasteiger partial charge in [0.05, 0.1) is 10.0 Å². The summed E-state index contributed by atoms with van der Waals surface area (Å²) in [6.07, 6.45) is 3.64. The topological polar surface area (TPSA) is 32.3 Å². The molecule has 100 valence electrons. The molecule has 1 aromatic rings. The molecule has 1 fully saturated rings. The SMILES string of the molecule is CC1CC(C)CC(Nc2cc(Cl)c(O)c(Cl)c2)C1. The lowest BCUT2D eigenvalue weighted by Crippen LogP contribution is -2.30. The molecule has 0 aliphatic heterocycles. The fourth-order valence-corrected chi connectivity index (χ4v) is 3.44. The number of nitrogens with one attached hydrogen (secondary N) is 1. The molecule has 0 aromatic heterocycles. The molecule has 2 N–H and O–H groups in total. The van der Waals surface area contributed by atoms with E-state index in [-0.39, 0.29) is 5.75 Å². The molecule has 2 atom stereocenters. The van der Waals surface area contributed by atoms with Crippen LogP contribution in [0.15, 0.2) is 12.1 Å². The van der Waals surface area contributed by atoms with E-state index in [2.05, 4.69) is 19.2 Å². The second kappa shape index (κ2) is 5.58. The Morgan fingerprint density at radius 3 is 2.06 bits per heavy atom. The van der Waals surface area contributed by atoms with Crippen molar-refractivity contribution in [3.05, 3.63) is 22.2 Å². The van der Waals surface area contributed by atoms with Crippen LogP contribution in [0.3, 0.4) is 0 Å². The second-order valence-corrected chi connectivity index (χ2v) is 6.36. The van der Waals surface area contributed by atoms with Gasteiger partial charge in [0, 0.05) is 11.7 Å². The highest BCUT2D eigenvalue weighted by Gasteiger charge is 2.24. The van der Waals surface area contributed by atoms with Crippen LogP contribution < -0.4 is 5.32 Å². The molecule has 2 rings (SSSR count). The van der Waals surface area contributed by atoms with Crippen LogP contribution in [0.5, 0.6) is 5.75 Å². The van der Waals surface area contributed by atoms with E-state index in [1.165, 1.54) is 19.3 Å². The number of phenols is 1. The zero-order chi connectivity index (χ0) is 13.3. The summed E-state index contributed by atoms with van der Waals surface area (Å²) in [5, 5.41) is 13.6. The van der Waals surface area contributed by atoms with E-state index in [1.54, 1.807) is 12.1 Å². The summed E-state index contributed by atoms with van der Waals surface area (Å²) in [7, 11) is 0. The van der Waals surface area contributed by atoms with Gasteiger partial charge in [0.1, 0.15) is 0 Å². The van der Waals surface area contributed by atoms with Gasteiger partial charge in [-0.05, 0) is 43.2 Å². The molecule has 0 amide bonds. The molecular weight excluding hydrogens is 269 g/mol. The van der Waals surface area contributed by atoms with Gasteiger partial charge in [0.2, 0.25) is 0 Å². The van der Waals surface area contributed by atoms with Crippen molar-refractivity contribution in [1.29, 1.82) is 0 Å². The van der Waals surface area contributed by atoms with Crippen molar-refractivity contribution >= 4 is 28.9 Å². The standard InChI is InChI=1S/C14H19Cl2NO/c1-8-3-9(2)5-10(4-8)17-11-6-12(15)14(18)13(16)7-11/h6-10,17-18H,3-5H2,1-2H3. The molecule has 18 heavy (non-hydrogen) atoms. The predicted octanol–water partition coefficient (Wildman–Crippen LogP) is 4.94. The molecule has 0 radical (unpaired) electrons. The molecule has 1 aliphatic rings. The Hall–Kier alpha value is -0.600. The number of phenolic OH excluding ortho intramolecular Hbond substituents is 1. The molecule has 1 aliphatic carbocycles. The molecule has 1 aromatic carbocycles. The van der Waals surface area contributed by atoms with Crippen LogP contribution in [0.1, 0.15) is 33.1 Å². The summed E-state index contributed by atoms with van der Waals surface area (Å²) in [6.45, 7) is 4.59. The minimum absolute atomic E-state index is 0.0470. The van der Waals surface area contributed by atoms with Gasteiger partial charge in [0.25, 0.3) is 0 Å². The summed E-state index contributed by atoms with van der Waals surface area (Å²) in [5.74, 6) is 1.44. The number of benzene rings is 1. The fraction of sp³-hybridized carbons (Fsp3) is 0.571. The van der Waals surface area contributed by atoms with Crippen LogP contribution in [0.25, 0.3) is 0 Å². The Morgan fingerprint density at radius 2 is 1.56 bits per heavy atom. The summed E-state index contributed by atoms with van der Waals surface area (Å²) < 4.78 is 0. The van der Waals surface area contributed by atoms with Crippen LogP contribution >= 0.6 is 23.2 Å². The molecule has 4 heteroatoms. The zero-order valence-electron chi connectivity index (χ0n) is 10.7. The van der Waals surface area contributed by atoms with Crippen molar-refractivity contribution in [3.8, 4) is 5.75 Å². The van der Waals surface area contributed by atoms with Gasteiger partial charge < -0.3 is 10.4 Å². The predicted molar refractivity (Wildman–Crippen MR) is 77.7 cm³/mol. The molecule has 2 nitrogen and oxygen atoms in total. The van der Waals surface area contributed by atoms with Gasteiger partial charge in [-0.2, -0.15) is 0 Å². The van der Waals surface area contributed by atoms with E-state index in [0.29, 0.717) is 16.1 Å². The van der Waals surface area contributed by atoms with E-state index >= 15 is 0 Å². The maximum Gasteiger partial charge on any atom is 0.152 e. The third kappa shape index (κ3) is 3.24. The Morgan fingerprint density at radius 1 is 1.06 bits per heavy atom. The summed E-state index contributed by atoms with van der Waals surface area (Å²) >= 11 is 11.8. The molecule has 1 saturated carbocycles. The number of rotatable bonds is 2. The average Bonchev–Trinajstić information content (AvgIpc) is 2.24. The van der Waals surface area contributed by atoms with Crippen molar-refractivity contribution in [2.75, 3.05) is 5.32 Å². The number of hydrogen-bond donors (Lipinski definition) is 2. The van der Waals surface area contributed by atoms with Gasteiger partial charge in [-0.15, -0.1) is 0 Å². The number of halogens is 2. The zero-order valence-corrected chi connectivity index (χ0v) is 12.2. The smallest absolute Gasteiger partial charge is 0.152 e. The Kier molecular flexibility index (Phi) is 4.29. The maximum atomic E-state index is 9.53. The Balaban J connectivity index is 2.09. The summed E-state index contributed by atoms with van der Waals surface area (Å²) in [5.41, 5.74) is 0.883. The monoisotopic (exact) mass is 287 g/mol. The number of anilines is 1. The summed E-state index contributed by atoms with van der Waals surface area (Å²) in [4.78, 5) is 0. The molecule has 0 bridgehead atoms. The van der Waals surface area contributed by atoms with Crippen molar-refractivity contribution < 1.29 is 5.11 Å². The first-order chi connectivity index (χ1) is 8.45. The van der Waals surface area contributed by atoms with Gasteiger partial charge in [0.15, 0.2) is 5.75 Å². The number of aromatic hydroxyl groups is 1. The third-order valence-electron chi connectivity index (χ3n) is 3.57. The van der Waals surface area contributed by atoms with E-state index in [9.17, 15) is 5.11 Å². The quantitative estimate of drug-likeness (QED) is 0.756. The van der Waals surface area contributed by atoms with E-state index in [0.717, 1.165) is 17.5 Å². The van der Waals surface area contributed by atoms with Crippen LogP contribution in [-0.2, 0) is 0 Å². The lowest BCUT2D eigenvalue weighted by atomic mass is 9.80. The van der Waals surface area contributed by atoms with Crippen molar-refractivity contribution in [1.82, 2.24) is 0 Å². The molecule has 0 saturated heterocycles. The van der Waals surface area contributed by atoms with E-state index in [4.69, 9.17) is 23.2 Å². The molecule has 0 spiro atoms. The molecule has 2 unspecified atom stereocenters. The first-order valence-electron chi connectivity index (χ1n) is 6.40. The second-order valence-electron chi connectivity index (χ2n) is 5.55. The van der Waals surface area contributed by atoms with Crippen molar-refractivity contribution in [2.24, 2.45) is 11.8 Å². The van der Waals surface area contributed by atoms with Crippen LogP contribution in [0.4, 0.5) is 5.69 Å². The van der Waals surface area contributed by atoms with Crippen LogP contribution in [-0.4, -0.2) is 11.1 Å². The summed E-state index contributed by atoms with van der Waals surface area (Å²) in [6, 6.07) is 3.92. The largest absolute Gasteiger partial charge is 0.505 e. The van der Waals surface area contributed by atoms with Gasteiger partial charge in [-0.3, -0.25) is 0 Å². The van der Waals surface area contributed by atoms with Crippen molar-refractivity contribution in [3.63, 3.8) is 0 Å². The van der Waals surface area contributed by atoms with Gasteiger partial charge >= 0.3 is 0 Å². The fourth-order valence-electron chi connectivity index (χ4n) is 2.95. The minimum Gasteiger partial charge on any atom is -0.505 e. The van der Waals surface area contributed by atoms with Crippen LogP contribution in [0, 0.1) is 11.8 Å². The minimum atomic E-state index is -0.0470. The highest BCUT2D eigenvalue weighted by Crippen LogP contribution is 2.36. The average molecular weight is 288 g/mol. The highest BCUT2D eigenvalue weighted by atomic mass is 35.5.